The number of imidazole rings is 1. The third-order valence-electron chi connectivity index (χ3n) is 2.51. The Labute approximate surface area is 96.0 Å². The molecule has 1 aromatic rings. The maximum atomic E-state index is 11.3. The quantitative estimate of drug-likeness (QED) is 0.673. The SMILES string of the molecule is CCCNCc1nccn1C(CC)C(N)=O. The van der Waals surface area contributed by atoms with Crippen molar-refractivity contribution in [1.82, 2.24) is 14.9 Å². The maximum Gasteiger partial charge on any atom is 0.240 e. The predicted octanol–water partition coefficient (Wildman–Crippen LogP) is 0.819. The van der Waals surface area contributed by atoms with Crippen molar-refractivity contribution in [2.75, 3.05) is 6.54 Å². The van der Waals surface area contributed by atoms with Crippen LogP contribution in [0.15, 0.2) is 12.4 Å². The lowest BCUT2D eigenvalue weighted by atomic mass is 10.2. The van der Waals surface area contributed by atoms with Crippen molar-refractivity contribution < 1.29 is 4.79 Å². The summed E-state index contributed by atoms with van der Waals surface area (Å²) >= 11 is 0. The van der Waals surface area contributed by atoms with Crippen LogP contribution in [0.4, 0.5) is 0 Å². The van der Waals surface area contributed by atoms with Gasteiger partial charge in [-0.2, -0.15) is 0 Å². The average molecular weight is 224 g/mol. The van der Waals surface area contributed by atoms with E-state index >= 15 is 0 Å². The molecule has 0 bridgehead atoms. The minimum Gasteiger partial charge on any atom is -0.368 e. The Kier molecular flexibility index (Phi) is 4.98. The number of primary amides is 1. The third-order valence-corrected chi connectivity index (χ3v) is 2.51. The number of hydrogen-bond donors (Lipinski definition) is 2. The first kappa shape index (κ1) is 12.7. The highest BCUT2D eigenvalue weighted by molar-refractivity contribution is 5.78. The molecule has 0 aliphatic rings. The van der Waals surface area contributed by atoms with Gasteiger partial charge in [0.1, 0.15) is 11.9 Å². The molecule has 1 amide bonds. The first-order valence-electron chi connectivity index (χ1n) is 5.72. The second-order valence-corrected chi connectivity index (χ2v) is 3.75. The number of carbonyl (C=O) groups excluding carboxylic acids is 1. The van der Waals surface area contributed by atoms with Crippen molar-refractivity contribution in [2.24, 2.45) is 5.73 Å². The summed E-state index contributed by atoms with van der Waals surface area (Å²) in [7, 11) is 0. The van der Waals surface area contributed by atoms with Crippen molar-refractivity contribution in [1.29, 1.82) is 0 Å². The van der Waals surface area contributed by atoms with Crippen LogP contribution in [-0.4, -0.2) is 22.0 Å². The molecule has 5 heteroatoms. The zero-order valence-electron chi connectivity index (χ0n) is 9.94. The van der Waals surface area contributed by atoms with E-state index in [0.717, 1.165) is 18.8 Å². The summed E-state index contributed by atoms with van der Waals surface area (Å²) in [6.07, 6.45) is 5.27. The smallest absolute Gasteiger partial charge is 0.240 e. The molecule has 0 aromatic carbocycles. The maximum absolute atomic E-state index is 11.3. The summed E-state index contributed by atoms with van der Waals surface area (Å²) in [6, 6.07) is -0.291. The highest BCUT2D eigenvalue weighted by atomic mass is 16.1. The van der Waals surface area contributed by atoms with Crippen LogP contribution in [0.25, 0.3) is 0 Å². The zero-order chi connectivity index (χ0) is 12.0. The molecular formula is C11H20N4O. The number of hydrogen-bond acceptors (Lipinski definition) is 3. The zero-order valence-corrected chi connectivity index (χ0v) is 9.94. The Morgan fingerprint density at radius 3 is 2.94 bits per heavy atom. The number of aromatic nitrogens is 2. The van der Waals surface area contributed by atoms with E-state index in [1.54, 1.807) is 6.20 Å². The van der Waals surface area contributed by atoms with Gasteiger partial charge in [-0.25, -0.2) is 4.98 Å². The monoisotopic (exact) mass is 224 g/mol. The number of nitrogens with one attached hydrogen (secondary N) is 1. The van der Waals surface area contributed by atoms with E-state index in [1.165, 1.54) is 0 Å². The Balaban J connectivity index is 2.72. The van der Waals surface area contributed by atoms with Crippen molar-refractivity contribution in [2.45, 2.75) is 39.3 Å². The minimum atomic E-state index is -0.308. The fourth-order valence-electron chi connectivity index (χ4n) is 1.68. The second-order valence-electron chi connectivity index (χ2n) is 3.75. The van der Waals surface area contributed by atoms with E-state index in [-0.39, 0.29) is 11.9 Å². The molecule has 1 unspecified atom stereocenters. The Bertz CT molecular complexity index is 334. The Morgan fingerprint density at radius 2 is 2.38 bits per heavy atom. The number of nitrogens with two attached hydrogens (primary N) is 1. The standard InChI is InChI=1S/C11H20N4O/c1-3-5-13-8-10-14-6-7-15(10)9(4-2)11(12)16/h6-7,9,13H,3-5,8H2,1-2H3,(H2,12,16). The average Bonchev–Trinajstić information content (AvgIpc) is 2.68. The second kappa shape index (κ2) is 6.27. The fourth-order valence-corrected chi connectivity index (χ4v) is 1.68. The van der Waals surface area contributed by atoms with Crippen molar-refractivity contribution in [3.05, 3.63) is 18.2 Å². The molecule has 3 N–H and O–H groups in total. The summed E-state index contributed by atoms with van der Waals surface area (Å²) in [4.78, 5) is 15.5. The Morgan fingerprint density at radius 1 is 1.62 bits per heavy atom. The summed E-state index contributed by atoms with van der Waals surface area (Å²) in [5.41, 5.74) is 5.35. The molecule has 0 saturated carbocycles. The first-order chi connectivity index (χ1) is 7.70. The molecule has 0 aliphatic heterocycles. The molecule has 1 rings (SSSR count). The number of carbonyl (C=O) groups is 1. The number of nitrogens with zero attached hydrogens (tertiary/aromatic N) is 2. The van der Waals surface area contributed by atoms with Gasteiger partial charge >= 0.3 is 0 Å². The van der Waals surface area contributed by atoms with Gasteiger partial charge in [0, 0.05) is 12.4 Å². The van der Waals surface area contributed by atoms with Gasteiger partial charge in [-0.1, -0.05) is 13.8 Å². The van der Waals surface area contributed by atoms with Crippen molar-refractivity contribution >= 4 is 5.91 Å². The van der Waals surface area contributed by atoms with Crippen LogP contribution in [0.1, 0.15) is 38.6 Å². The van der Waals surface area contributed by atoms with Crippen LogP contribution < -0.4 is 11.1 Å². The summed E-state index contributed by atoms with van der Waals surface area (Å²) in [6.45, 7) is 5.67. The molecule has 5 nitrogen and oxygen atoms in total. The van der Waals surface area contributed by atoms with Gasteiger partial charge in [-0.3, -0.25) is 4.79 Å². The number of amides is 1. The van der Waals surface area contributed by atoms with Crippen LogP contribution in [0.2, 0.25) is 0 Å². The topological polar surface area (TPSA) is 72.9 Å². The van der Waals surface area contributed by atoms with Crippen LogP contribution in [0.3, 0.4) is 0 Å². The highest BCUT2D eigenvalue weighted by Crippen LogP contribution is 2.13. The number of rotatable bonds is 7. The van der Waals surface area contributed by atoms with Crippen molar-refractivity contribution in [3.8, 4) is 0 Å². The van der Waals surface area contributed by atoms with E-state index in [1.807, 2.05) is 17.7 Å². The van der Waals surface area contributed by atoms with E-state index in [0.29, 0.717) is 13.0 Å². The van der Waals surface area contributed by atoms with E-state index in [4.69, 9.17) is 5.73 Å². The van der Waals surface area contributed by atoms with Crippen LogP contribution in [0.5, 0.6) is 0 Å². The Hall–Kier alpha value is -1.36. The lowest BCUT2D eigenvalue weighted by Crippen LogP contribution is -2.28. The van der Waals surface area contributed by atoms with E-state index in [9.17, 15) is 4.79 Å². The van der Waals surface area contributed by atoms with Crippen LogP contribution in [0, 0.1) is 0 Å². The normalized spacial score (nSPS) is 12.6. The largest absolute Gasteiger partial charge is 0.368 e. The summed E-state index contributed by atoms with van der Waals surface area (Å²) in [5, 5.41) is 3.26. The fraction of sp³-hybridized carbons (Fsp3) is 0.636. The van der Waals surface area contributed by atoms with Crippen LogP contribution in [-0.2, 0) is 11.3 Å². The van der Waals surface area contributed by atoms with Gasteiger partial charge in [0.05, 0.1) is 6.54 Å². The third kappa shape index (κ3) is 3.06. The molecule has 1 atom stereocenters. The molecule has 0 fully saturated rings. The first-order valence-corrected chi connectivity index (χ1v) is 5.72. The van der Waals surface area contributed by atoms with E-state index in [2.05, 4.69) is 17.2 Å². The molecule has 1 heterocycles. The van der Waals surface area contributed by atoms with Crippen LogP contribution >= 0.6 is 0 Å². The summed E-state index contributed by atoms with van der Waals surface area (Å²) < 4.78 is 1.85. The molecule has 0 radical (unpaired) electrons. The molecule has 0 spiro atoms. The predicted molar refractivity (Wildman–Crippen MR) is 62.7 cm³/mol. The molecule has 90 valence electrons. The lowest BCUT2D eigenvalue weighted by Gasteiger charge is -2.16. The van der Waals surface area contributed by atoms with Gasteiger partial charge in [0.2, 0.25) is 5.91 Å². The molecule has 1 aromatic heterocycles. The van der Waals surface area contributed by atoms with Gasteiger partial charge in [-0.15, -0.1) is 0 Å². The molecular weight excluding hydrogens is 204 g/mol. The van der Waals surface area contributed by atoms with Gasteiger partial charge in [-0.05, 0) is 19.4 Å². The van der Waals surface area contributed by atoms with Gasteiger partial charge in [0.25, 0.3) is 0 Å². The molecule has 0 aliphatic carbocycles. The molecule has 16 heavy (non-hydrogen) atoms. The summed E-state index contributed by atoms with van der Waals surface area (Å²) in [5.74, 6) is 0.552. The lowest BCUT2D eigenvalue weighted by molar-refractivity contribution is -0.121. The van der Waals surface area contributed by atoms with Gasteiger partial charge in [0.15, 0.2) is 0 Å². The van der Waals surface area contributed by atoms with Crippen molar-refractivity contribution in [3.63, 3.8) is 0 Å². The van der Waals surface area contributed by atoms with E-state index < -0.39 is 0 Å². The highest BCUT2D eigenvalue weighted by Gasteiger charge is 2.17. The molecule has 0 saturated heterocycles. The minimum absolute atomic E-state index is 0.291. The van der Waals surface area contributed by atoms with Gasteiger partial charge < -0.3 is 15.6 Å².